The average molecular weight is 457 g/mol. The molecule has 0 saturated heterocycles. The van der Waals surface area contributed by atoms with Crippen LogP contribution in [0.2, 0.25) is 0 Å². The fraction of sp³-hybridized carbons (Fsp3) is 0.407. The van der Waals surface area contributed by atoms with Crippen LogP contribution in [0.25, 0.3) is 0 Å². The summed E-state index contributed by atoms with van der Waals surface area (Å²) in [6.45, 7) is 13.5. The van der Waals surface area contributed by atoms with E-state index >= 15 is 0 Å². The first-order chi connectivity index (χ1) is 16.1. The van der Waals surface area contributed by atoms with E-state index in [0.29, 0.717) is 67.3 Å². The van der Waals surface area contributed by atoms with Crippen molar-refractivity contribution in [2.45, 2.75) is 48.0 Å². The third kappa shape index (κ3) is 6.85. The van der Waals surface area contributed by atoms with Crippen LogP contribution in [0.1, 0.15) is 52.7 Å². The molecule has 2 rings (SSSR count). The van der Waals surface area contributed by atoms with E-state index in [1.165, 1.54) is 0 Å². The maximum atomic E-state index is 6.03. The first-order valence-electron chi connectivity index (χ1n) is 11.5. The molecule has 0 atom stereocenters. The molecule has 0 spiro atoms. The topological polar surface area (TPSA) is 55.4 Å². The molecule has 0 aromatic heterocycles. The molecule has 6 nitrogen and oxygen atoms in total. The van der Waals surface area contributed by atoms with Crippen LogP contribution in [0, 0.1) is 0 Å². The predicted molar refractivity (Wildman–Crippen MR) is 131 cm³/mol. The second-order valence-electron chi connectivity index (χ2n) is 6.85. The maximum Gasteiger partial charge on any atom is 0.204 e. The molecular weight excluding hydrogens is 420 g/mol. The Kier molecular flexibility index (Phi) is 11.0. The summed E-state index contributed by atoms with van der Waals surface area (Å²) in [4.78, 5) is 0. The second-order valence-corrected chi connectivity index (χ2v) is 6.85. The van der Waals surface area contributed by atoms with Crippen molar-refractivity contribution in [2.24, 2.45) is 0 Å². The van der Waals surface area contributed by atoms with Crippen molar-refractivity contribution >= 4 is 0 Å². The van der Waals surface area contributed by atoms with Crippen molar-refractivity contribution in [3.8, 4) is 34.5 Å². The molecule has 0 unspecified atom stereocenters. The molecule has 0 aliphatic heterocycles. The summed E-state index contributed by atoms with van der Waals surface area (Å²) in [6, 6.07) is 7.78. The van der Waals surface area contributed by atoms with E-state index in [1.807, 2.05) is 78.0 Å². The van der Waals surface area contributed by atoms with Gasteiger partial charge in [0.05, 0.1) is 39.0 Å². The molecule has 0 fully saturated rings. The molecular formula is C27H36O6. The van der Waals surface area contributed by atoms with Gasteiger partial charge < -0.3 is 28.4 Å². The van der Waals surface area contributed by atoms with Gasteiger partial charge in [-0.05, 0) is 53.7 Å². The van der Waals surface area contributed by atoms with Gasteiger partial charge in [0.15, 0.2) is 23.0 Å². The zero-order valence-electron chi connectivity index (χ0n) is 20.6. The van der Waals surface area contributed by atoms with Crippen molar-refractivity contribution in [3.63, 3.8) is 0 Å². The lowest BCUT2D eigenvalue weighted by atomic mass is 10.0. The molecule has 2 aromatic rings. The molecule has 0 amide bonds. The lowest BCUT2D eigenvalue weighted by Gasteiger charge is -2.20. The molecule has 0 heterocycles. The van der Waals surface area contributed by atoms with Crippen LogP contribution in [0.3, 0.4) is 0 Å². The lowest BCUT2D eigenvalue weighted by molar-refractivity contribution is 0.272. The van der Waals surface area contributed by atoms with Gasteiger partial charge in [0.2, 0.25) is 11.5 Å². The first-order valence-corrected chi connectivity index (χ1v) is 11.5. The zero-order valence-corrected chi connectivity index (χ0v) is 20.6. The summed E-state index contributed by atoms with van der Waals surface area (Å²) in [5, 5.41) is 0. The lowest BCUT2D eigenvalue weighted by Crippen LogP contribution is -2.06. The number of allylic oxidation sites excluding steroid dienone is 2. The fourth-order valence-electron chi connectivity index (χ4n) is 3.29. The third-order valence-corrected chi connectivity index (χ3v) is 4.51. The van der Waals surface area contributed by atoms with Gasteiger partial charge in [-0.1, -0.05) is 24.3 Å². The van der Waals surface area contributed by atoms with Crippen LogP contribution in [-0.2, 0) is 6.42 Å². The van der Waals surface area contributed by atoms with Gasteiger partial charge in [0.25, 0.3) is 0 Å². The van der Waals surface area contributed by atoms with Crippen molar-refractivity contribution in [2.75, 3.05) is 26.4 Å². The van der Waals surface area contributed by atoms with Crippen molar-refractivity contribution in [3.05, 3.63) is 60.1 Å². The molecule has 0 bridgehead atoms. The Labute approximate surface area is 197 Å². The van der Waals surface area contributed by atoms with E-state index in [4.69, 9.17) is 28.4 Å². The Balaban J connectivity index is 2.59. The fourth-order valence-corrected chi connectivity index (χ4v) is 3.29. The van der Waals surface area contributed by atoms with Crippen molar-refractivity contribution < 1.29 is 28.4 Å². The first kappa shape index (κ1) is 26.0. The van der Waals surface area contributed by atoms with Gasteiger partial charge in [-0.2, -0.15) is 0 Å². The predicted octanol–water partition coefficient (Wildman–Crippen LogP) is 6.70. The van der Waals surface area contributed by atoms with Gasteiger partial charge in [-0.3, -0.25) is 0 Å². The normalized spacial score (nSPS) is 11.1. The maximum absolute atomic E-state index is 6.03. The summed E-state index contributed by atoms with van der Waals surface area (Å²) in [6.07, 6.45) is 7.45. The van der Waals surface area contributed by atoms with Gasteiger partial charge in [0.1, 0.15) is 0 Å². The summed E-state index contributed by atoms with van der Waals surface area (Å²) < 4.78 is 35.4. The SMILES string of the molecule is CC=COc1ccc(Cc2ccc(OC=CC)c(OCC)c2OCC)c(OCC)c1OCC. The van der Waals surface area contributed by atoms with Crippen LogP contribution >= 0.6 is 0 Å². The average Bonchev–Trinajstić information content (AvgIpc) is 2.82. The summed E-state index contributed by atoms with van der Waals surface area (Å²) in [5.74, 6) is 3.72. The number of benzene rings is 2. The second kappa shape index (κ2) is 14.0. The standard InChI is InChI=1S/C27H36O6/c1-7-17-32-22-15-13-20(24(28-9-3)26(22)30-11-5)19-21-14-16-23(33-18-8-2)27(31-12-6)25(21)29-10-4/h7-8,13-18H,9-12,19H2,1-6H3. The van der Waals surface area contributed by atoms with E-state index in [9.17, 15) is 0 Å². The molecule has 33 heavy (non-hydrogen) atoms. The summed E-state index contributed by atoms with van der Waals surface area (Å²) >= 11 is 0. The minimum absolute atomic E-state index is 0.491. The van der Waals surface area contributed by atoms with E-state index in [2.05, 4.69) is 0 Å². The molecule has 2 aromatic carbocycles. The molecule has 0 aliphatic rings. The molecule has 0 saturated carbocycles. The number of hydrogen-bond donors (Lipinski definition) is 0. The van der Waals surface area contributed by atoms with Crippen LogP contribution in [-0.4, -0.2) is 26.4 Å². The Hall–Kier alpha value is -3.28. The Morgan fingerprint density at radius 3 is 1.24 bits per heavy atom. The minimum Gasteiger partial charge on any atom is -0.490 e. The van der Waals surface area contributed by atoms with Crippen molar-refractivity contribution in [1.29, 1.82) is 0 Å². The minimum atomic E-state index is 0.491. The van der Waals surface area contributed by atoms with Gasteiger partial charge in [0, 0.05) is 17.5 Å². The molecule has 0 N–H and O–H groups in total. The van der Waals surface area contributed by atoms with E-state index in [0.717, 1.165) is 11.1 Å². The highest BCUT2D eigenvalue weighted by molar-refractivity contribution is 5.61. The highest BCUT2D eigenvalue weighted by Crippen LogP contribution is 2.45. The molecule has 0 radical (unpaired) electrons. The van der Waals surface area contributed by atoms with E-state index in [1.54, 1.807) is 12.5 Å². The van der Waals surface area contributed by atoms with E-state index < -0.39 is 0 Å². The van der Waals surface area contributed by atoms with Crippen LogP contribution < -0.4 is 28.4 Å². The largest absolute Gasteiger partial charge is 0.490 e. The van der Waals surface area contributed by atoms with Crippen LogP contribution in [0.15, 0.2) is 48.9 Å². The smallest absolute Gasteiger partial charge is 0.204 e. The summed E-state index contributed by atoms with van der Waals surface area (Å²) in [7, 11) is 0. The number of hydrogen-bond acceptors (Lipinski definition) is 6. The molecule has 0 aliphatic carbocycles. The Morgan fingerprint density at radius 2 is 0.909 bits per heavy atom. The molecule has 6 heteroatoms. The molecule has 180 valence electrons. The monoisotopic (exact) mass is 456 g/mol. The van der Waals surface area contributed by atoms with E-state index in [-0.39, 0.29) is 0 Å². The third-order valence-electron chi connectivity index (χ3n) is 4.51. The Bertz CT molecular complexity index is 857. The van der Waals surface area contributed by atoms with Gasteiger partial charge in [-0.15, -0.1) is 0 Å². The zero-order chi connectivity index (χ0) is 24.1. The van der Waals surface area contributed by atoms with Crippen molar-refractivity contribution in [1.82, 2.24) is 0 Å². The summed E-state index contributed by atoms with van der Waals surface area (Å²) in [5.41, 5.74) is 1.91. The van der Waals surface area contributed by atoms with Crippen LogP contribution in [0.4, 0.5) is 0 Å². The number of rotatable bonds is 14. The van der Waals surface area contributed by atoms with Crippen LogP contribution in [0.5, 0.6) is 34.5 Å². The van der Waals surface area contributed by atoms with Gasteiger partial charge in [-0.25, -0.2) is 0 Å². The highest BCUT2D eigenvalue weighted by Gasteiger charge is 2.22. The Morgan fingerprint density at radius 1 is 0.545 bits per heavy atom. The number of ether oxygens (including phenoxy) is 6. The van der Waals surface area contributed by atoms with Gasteiger partial charge >= 0.3 is 0 Å². The quantitative estimate of drug-likeness (QED) is 0.295. The highest BCUT2D eigenvalue weighted by atomic mass is 16.5.